The SMILES string of the molecule is O=C1NN(c2ccc(I)cc2)C(=O)/C1=C/c1cc(Br)ccc1O. The van der Waals surface area contributed by atoms with Gasteiger partial charge < -0.3 is 5.11 Å². The predicted molar refractivity (Wildman–Crippen MR) is 98.6 cm³/mol. The molecule has 0 saturated carbocycles. The summed E-state index contributed by atoms with van der Waals surface area (Å²) < 4.78 is 1.77. The van der Waals surface area contributed by atoms with E-state index in [4.69, 9.17) is 0 Å². The number of phenols is 1. The molecule has 116 valence electrons. The number of hydrazine groups is 1. The number of phenolic OH excluding ortho intramolecular Hbond substituents is 1. The number of rotatable bonds is 2. The first kappa shape index (κ1) is 16.0. The van der Waals surface area contributed by atoms with Gasteiger partial charge in [-0.1, -0.05) is 15.9 Å². The maximum atomic E-state index is 12.5. The maximum Gasteiger partial charge on any atom is 0.282 e. The fraction of sp³-hybridized carbons (Fsp3) is 0. The summed E-state index contributed by atoms with van der Waals surface area (Å²) in [5, 5.41) is 11.1. The minimum absolute atomic E-state index is 0.00554. The van der Waals surface area contributed by atoms with Gasteiger partial charge in [0.2, 0.25) is 0 Å². The second-order valence-corrected chi connectivity index (χ2v) is 6.98. The molecule has 23 heavy (non-hydrogen) atoms. The number of halogens is 2. The highest BCUT2D eigenvalue weighted by Crippen LogP contribution is 2.27. The zero-order chi connectivity index (χ0) is 16.6. The van der Waals surface area contributed by atoms with Crippen molar-refractivity contribution >= 4 is 62.1 Å². The third kappa shape index (κ3) is 3.25. The lowest BCUT2D eigenvalue weighted by molar-refractivity contribution is -0.117. The van der Waals surface area contributed by atoms with Gasteiger partial charge in [-0.25, -0.2) is 5.01 Å². The van der Waals surface area contributed by atoms with Crippen LogP contribution >= 0.6 is 38.5 Å². The number of amides is 2. The monoisotopic (exact) mass is 484 g/mol. The Kier molecular flexibility index (Phi) is 4.40. The second-order valence-electron chi connectivity index (χ2n) is 4.82. The normalized spacial score (nSPS) is 16.1. The molecule has 2 amide bonds. The lowest BCUT2D eigenvalue weighted by atomic mass is 10.1. The topological polar surface area (TPSA) is 69.6 Å². The van der Waals surface area contributed by atoms with Crippen LogP contribution in [0, 0.1) is 3.57 Å². The van der Waals surface area contributed by atoms with Gasteiger partial charge in [-0.15, -0.1) is 0 Å². The molecule has 1 saturated heterocycles. The number of benzene rings is 2. The van der Waals surface area contributed by atoms with Crippen LogP contribution in [0.1, 0.15) is 5.56 Å². The zero-order valence-corrected chi connectivity index (χ0v) is 15.3. The van der Waals surface area contributed by atoms with E-state index in [1.807, 2.05) is 12.1 Å². The van der Waals surface area contributed by atoms with Gasteiger partial charge in [0.1, 0.15) is 11.3 Å². The van der Waals surface area contributed by atoms with Gasteiger partial charge in [-0.3, -0.25) is 15.0 Å². The summed E-state index contributed by atoms with van der Waals surface area (Å²) in [6, 6.07) is 12.0. The Morgan fingerprint density at radius 1 is 1.13 bits per heavy atom. The number of carbonyl (C=O) groups is 2. The number of anilines is 1. The lowest BCUT2D eigenvalue weighted by Gasteiger charge is -2.14. The predicted octanol–water partition coefficient (Wildman–Crippen LogP) is 3.22. The van der Waals surface area contributed by atoms with E-state index >= 15 is 0 Å². The molecule has 0 radical (unpaired) electrons. The van der Waals surface area contributed by atoms with Gasteiger partial charge in [-0.2, -0.15) is 0 Å². The molecule has 0 spiro atoms. The Labute approximate surface area is 154 Å². The van der Waals surface area contributed by atoms with Crippen LogP contribution in [-0.4, -0.2) is 16.9 Å². The Morgan fingerprint density at radius 3 is 2.52 bits per heavy atom. The van der Waals surface area contributed by atoms with E-state index in [-0.39, 0.29) is 11.3 Å². The molecule has 7 heteroatoms. The van der Waals surface area contributed by atoms with Crippen molar-refractivity contribution in [3.05, 3.63) is 61.6 Å². The van der Waals surface area contributed by atoms with Gasteiger partial charge in [0.15, 0.2) is 0 Å². The molecule has 1 aliphatic heterocycles. The van der Waals surface area contributed by atoms with Crippen molar-refractivity contribution in [2.75, 3.05) is 5.01 Å². The van der Waals surface area contributed by atoms with Gasteiger partial charge >= 0.3 is 0 Å². The first-order chi connectivity index (χ1) is 11.0. The van der Waals surface area contributed by atoms with Gasteiger partial charge in [0.25, 0.3) is 11.8 Å². The average molecular weight is 485 g/mol. The minimum atomic E-state index is -0.507. The van der Waals surface area contributed by atoms with Crippen LogP contribution in [0.5, 0.6) is 5.75 Å². The van der Waals surface area contributed by atoms with Crippen molar-refractivity contribution in [1.29, 1.82) is 0 Å². The third-order valence-electron chi connectivity index (χ3n) is 3.27. The van der Waals surface area contributed by atoms with E-state index in [1.165, 1.54) is 17.2 Å². The summed E-state index contributed by atoms with van der Waals surface area (Å²) in [5.74, 6) is -0.975. The maximum absolute atomic E-state index is 12.5. The highest BCUT2D eigenvalue weighted by Gasteiger charge is 2.34. The average Bonchev–Trinajstić information content (AvgIpc) is 2.80. The van der Waals surface area contributed by atoms with Crippen LogP contribution in [0.2, 0.25) is 0 Å². The third-order valence-corrected chi connectivity index (χ3v) is 4.48. The summed E-state index contributed by atoms with van der Waals surface area (Å²) in [6.07, 6.45) is 1.38. The number of hydrogen-bond donors (Lipinski definition) is 2. The molecular formula is C16H10BrIN2O3. The fourth-order valence-electron chi connectivity index (χ4n) is 2.13. The van der Waals surface area contributed by atoms with E-state index < -0.39 is 11.8 Å². The molecule has 1 aliphatic rings. The highest BCUT2D eigenvalue weighted by atomic mass is 127. The lowest BCUT2D eigenvalue weighted by Crippen LogP contribution is -2.35. The van der Waals surface area contributed by atoms with E-state index in [0.717, 1.165) is 8.04 Å². The highest BCUT2D eigenvalue weighted by molar-refractivity contribution is 14.1. The Balaban J connectivity index is 1.97. The van der Waals surface area contributed by atoms with Crippen LogP contribution in [0.3, 0.4) is 0 Å². The first-order valence-corrected chi connectivity index (χ1v) is 8.44. The Bertz CT molecular complexity index is 834. The van der Waals surface area contributed by atoms with Crippen LogP contribution in [0.4, 0.5) is 5.69 Å². The van der Waals surface area contributed by atoms with E-state index in [2.05, 4.69) is 43.9 Å². The standard InChI is InChI=1S/C16H10BrIN2O3/c17-10-1-6-14(21)9(7-10)8-13-15(22)19-20(16(13)23)12-4-2-11(18)3-5-12/h1-8,21H,(H,19,22)/b13-8+. The minimum Gasteiger partial charge on any atom is -0.507 e. The van der Waals surface area contributed by atoms with Crippen molar-refractivity contribution in [2.24, 2.45) is 0 Å². The summed E-state index contributed by atoms with van der Waals surface area (Å²) in [4.78, 5) is 24.6. The van der Waals surface area contributed by atoms with Crippen LogP contribution in [0.25, 0.3) is 6.08 Å². The smallest absolute Gasteiger partial charge is 0.282 e. The van der Waals surface area contributed by atoms with E-state index in [0.29, 0.717) is 11.3 Å². The number of hydrogen-bond acceptors (Lipinski definition) is 3. The molecule has 1 fully saturated rings. The molecule has 0 aliphatic carbocycles. The molecular weight excluding hydrogens is 475 g/mol. The first-order valence-electron chi connectivity index (χ1n) is 6.57. The van der Waals surface area contributed by atoms with Gasteiger partial charge in [-0.05, 0) is 71.1 Å². The molecule has 1 heterocycles. The van der Waals surface area contributed by atoms with Crippen LogP contribution in [0.15, 0.2) is 52.5 Å². The van der Waals surface area contributed by atoms with Crippen molar-refractivity contribution in [3.63, 3.8) is 0 Å². The summed E-state index contributed by atoms with van der Waals surface area (Å²) in [7, 11) is 0. The number of aromatic hydroxyl groups is 1. The van der Waals surface area contributed by atoms with Crippen molar-refractivity contribution < 1.29 is 14.7 Å². The molecule has 2 aromatic carbocycles. The number of carbonyl (C=O) groups excluding carboxylic acids is 2. The molecule has 2 N–H and O–H groups in total. The summed E-state index contributed by atoms with van der Waals surface area (Å²) in [6.45, 7) is 0. The summed E-state index contributed by atoms with van der Waals surface area (Å²) in [5.41, 5.74) is 3.46. The molecule has 2 aromatic rings. The fourth-order valence-corrected chi connectivity index (χ4v) is 2.86. The molecule has 0 unspecified atom stereocenters. The molecule has 0 bridgehead atoms. The zero-order valence-electron chi connectivity index (χ0n) is 11.6. The van der Waals surface area contributed by atoms with Crippen molar-refractivity contribution in [2.45, 2.75) is 0 Å². The Hall–Kier alpha value is -1.87. The van der Waals surface area contributed by atoms with Gasteiger partial charge in [0, 0.05) is 13.6 Å². The largest absolute Gasteiger partial charge is 0.507 e. The van der Waals surface area contributed by atoms with E-state index in [1.54, 1.807) is 24.3 Å². The van der Waals surface area contributed by atoms with Crippen molar-refractivity contribution in [1.82, 2.24) is 5.43 Å². The molecule has 0 aromatic heterocycles. The van der Waals surface area contributed by atoms with Crippen LogP contribution < -0.4 is 10.4 Å². The molecule has 3 rings (SSSR count). The number of nitrogens with zero attached hydrogens (tertiary/aromatic N) is 1. The van der Waals surface area contributed by atoms with Crippen LogP contribution in [-0.2, 0) is 9.59 Å². The van der Waals surface area contributed by atoms with E-state index in [9.17, 15) is 14.7 Å². The molecule has 0 atom stereocenters. The Morgan fingerprint density at radius 2 is 1.83 bits per heavy atom. The summed E-state index contributed by atoms with van der Waals surface area (Å²) >= 11 is 5.45. The quantitative estimate of drug-likeness (QED) is 0.390. The second kappa shape index (κ2) is 6.32. The molecule has 5 nitrogen and oxygen atoms in total. The number of nitrogens with one attached hydrogen (secondary N) is 1. The van der Waals surface area contributed by atoms with Gasteiger partial charge in [0.05, 0.1) is 5.69 Å². The van der Waals surface area contributed by atoms with Crippen molar-refractivity contribution in [3.8, 4) is 5.75 Å².